The molecular weight excluding hydrogens is 464 g/mol. The van der Waals surface area contributed by atoms with Crippen LogP contribution in [0, 0.1) is 0 Å². The Hall–Kier alpha value is -4.38. The van der Waals surface area contributed by atoms with Gasteiger partial charge in [-0.25, -0.2) is 19.6 Å². The first-order chi connectivity index (χ1) is 17.4. The number of benzene rings is 2. The lowest BCUT2D eigenvalue weighted by Crippen LogP contribution is -2.44. The van der Waals surface area contributed by atoms with Crippen molar-refractivity contribution in [2.24, 2.45) is 0 Å². The number of nitrogens with one attached hydrogen (secondary N) is 2. The van der Waals surface area contributed by atoms with Crippen molar-refractivity contribution in [2.75, 3.05) is 35.3 Å². The van der Waals surface area contributed by atoms with Crippen LogP contribution in [0.3, 0.4) is 0 Å². The Morgan fingerprint density at radius 3 is 2.56 bits per heavy atom. The molecule has 1 unspecified atom stereocenters. The van der Waals surface area contributed by atoms with Gasteiger partial charge in [-0.05, 0) is 43.3 Å². The Morgan fingerprint density at radius 1 is 1.06 bits per heavy atom. The van der Waals surface area contributed by atoms with Crippen LogP contribution in [0.5, 0.6) is 5.75 Å². The number of aromatic nitrogens is 2. The number of morpholine rings is 1. The molecule has 0 aliphatic carbocycles. The minimum atomic E-state index is -0.991. The third-order valence-corrected chi connectivity index (χ3v) is 6.18. The maximum absolute atomic E-state index is 12.3. The molecule has 1 atom stereocenters. The summed E-state index contributed by atoms with van der Waals surface area (Å²) in [6.07, 6.45) is -0.991. The fourth-order valence-electron chi connectivity index (χ4n) is 4.36. The van der Waals surface area contributed by atoms with Crippen LogP contribution in [0.25, 0.3) is 11.4 Å². The number of phenols is 1. The third kappa shape index (κ3) is 4.86. The lowest BCUT2D eigenvalue weighted by atomic mass is 10.1. The Kier molecular flexibility index (Phi) is 6.30. The van der Waals surface area contributed by atoms with Gasteiger partial charge in [-0.2, -0.15) is 0 Å². The quantitative estimate of drug-likeness (QED) is 0.434. The number of carbonyl (C=O) groups is 2. The fourth-order valence-corrected chi connectivity index (χ4v) is 4.36. The van der Waals surface area contributed by atoms with Crippen molar-refractivity contribution in [3.63, 3.8) is 0 Å². The molecule has 3 amide bonds. The second kappa shape index (κ2) is 9.70. The second-order valence-electron chi connectivity index (χ2n) is 8.76. The van der Waals surface area contributed by atoms with Crippen LogP contribution >= 0.6 is 0 Å². The molecule has 3 heterocycles. The van der Waals surface area contributed by atoms with E-state index < -0.39 is 12.1 Å². The van der Waals surface area contributed by atoms with E-state index in [9.17, 15) is 19.8 Å². The average Bonchev–Trinajstić information content (AvgIpc) is 3.29. The molecule has 2 aliphatic rings. The number of amides is 3. The topological polar surface area (TPSA) is 140 Å². The van der Waals surface area contributed by atoms with Gasteiger partial charge >= 0.3 is 12.1 Å². The van der Waals surface area contributed by atoms with Crippen molar-refractivity contribution in [1.82, 2.24) is 14.9 Å². The molecule has 1 fully saturated rings. The number of aromatic hydroxyl groups is 1. The molecule has 0 bridgehead atoms. The largest absolute Gasteiger partial charge is 0.508 e. The van der Waals surface area contributed by atoms with Gasteiger partial charge in [0.25, 0.3) is 0 Å². The number of fused-ring (bicyclic) bond motifs is 1. The average molecular weight is 491 g/mol. The molecule has 2 aromatic carbocycles. The summed E-state index contributed by atoms with van der Waals surface area (Å²) >= 11 is 0. The molecule has 0 saturated carbocycles. The molecule has 11 nitrogen and oxygen atoms in total. The number of rotatable bonds is 4. The van der Waals surface area contributed by atoms with Crippen LogP contribution in [-0.4, -0.2) is 63.0 Å². The van der Waals surface area contributed by atoms with Crippen molar-refractivity contribution < 1.29 is 24.5 Å². The van der Waals surface area contributed by atoms with E-state index in [0.29, 0.717) is 42.7 Å². The summed E-state index contributed by atoms with van der Waals surface area (Å²) in [5.74, 6) is 1.29. The van der Waals surface area contributed by atoms with Gasteiger partial charge in [-0.15, -0.1) is 0 Å². The molecule has 1 aromatic heterocycles. The van der Waals surface area contributed by atoms with E-state index in [1.807, 2.05) is 12.1 Å². The first kappa shape index (κ1) is 23.4. The smallest absolute Gasteiger partial charge is 0.407 e. The minimum Gasteiger partial charge on any atom is -0.508 e. The summed E-state index contributed by atoms with van der Waals surface area (Å²) in [7, 11) is 0. The summed E-state index contributed by atoms with van der Waals surface area (Å²) in [4.78, 5) is 37.0. The molecule has 2 aliphatic heterocycles. The first-order valence-corrected chi connectivity index (χ1v) is 11.6. The standard InChI is InChI=1S/C25H26N6O5/c1-15-14-36-10-9-31(15)23-20-12-30(25(34)35)13-21(20)28-22(29-23)16-5-7-17(8-6-16)26-24(33)27-18-3-2-4-19(32)11-18/h2-8,11,15,32H,9-10,12-14H2,1H3,(H,34,35)(H2,26,27,33). The maximum atomic E-state index is 12.3. The molecule has 5 rings (SSSR count). The van der Waals surface area contributed by atoms with E-state index in [4.69, 9.17) is 14.7 Å². The van der Waals surface area contributed by atoms with Crippen LogP contribution in [0.2, 0.25) is 0 Å². The lowest BCUT2D eigenvalue weighted by Gasteiger charge is -2.35. The van der Waals surface area contributed by atoms with Crippen LogP contribution in [0.15, 0.2) is 48.5 Å². The summed E-state index contributed by atoms with van der Waals surface area (Å²) < 4.78 is 5.57. The van der Waals surface area contributed by atoms with E-state index in [0.717, 1.165) is 16.9 Å². The van der Waals surface area contributed by atoms with Gasteiger partial charge in [0, 0.05) is 35.1 Å². The van der Waals surface area contributed by atoms with Crippen LogP contribution < -0.4 is 15.5 Å². The highest BCUT2D eigenvalue weighted by molar-refractivity contribution is 5.99. The zero-order valence-corrected chi connectivity index (χ0v) is 19.6. The zero-order valence-electron chi connectivity index (χ0n) is 19.6. The van der Waals surface area contributed by atoms with Crippen molar-refractivity contribution in [1.29, 1.82) is 0 Å². The summed E-state index contributed by atoms with van der Waals surface area (Å²) in [6.45, 7) is 4.32. The van der Waals surface area contributed by atoms with Crippen LogP contribution in [-0.2, 0) is 17.8 Å². The van der Waals surface area contributed by atoms with Crippen molar-refractivity contribution >= 4 is 29.3 Å². The van der Waals surface area contributed by atoms with E-state index in [2.05, 4.69) is 22.5 Å². The predicted octanol–water partition coefficient (Wildman–Crippen LogP) is 3.71. The van der Waals surface area contributed by atoms with E-state index in [-0.39, 0.29) is 24.9 Å². The van der Waals surface area contributed by atoms with Crippen LogP contribution in [0.1, 0.15) is 18.2 Å². The molecule has 186 valence electrons. The molecule has 1 saturated heterocycles. The summed E-state index contributed by atoms with van der Waals surface area (Å²) in [5.41, 5.74) is 3.31. The van der Waals surface area contributed by atoms with Gasteiger partial charge in [0.15, 0.2) is 5.82 Å². The predicted molar refractivity (Wildman–Crippen MR) is 133 cm³/mol. The highest BCUT2D eigenvalue weighted by Gasteiger charge is 2.32. The van der Waals surface area contributed by atoms with Gasteiger partial charge in [0.05, 0.1) is 38.0 Å². The van der Waals surface area contributed by atoms with Gasteiger partial charge in [0.1, 0.15) is 11.6 Å². The minimum absolute atomic E-state index is 0.0591. The molecule has 3 aromatic rings. The number of hydrogen-bond donors (Lipinski definition) is 4. The molecule has 0 spiro atoms. The molecule has 36 heavy (non-hydrogen) atoms. The van der Waals surface area contributed by atoms with E-state index >= 15 is 0 Å². The maximum Gasteiger partial charge on any atom is 0.407 e. The Bertz CT molecular complexity index is 1300. The van der Waals surface area contributed by atoms with Crippen molar-refractivity contribution in [2.45, 2.75) is 26.1 Å². The fraction of sp³-hybridized carbons (Fsp3) is 0.280. The molecular formula is C25H26N6O5. The zero-order chi connectivity index (χ0) is 25.2. The number of carboxylic acid groups (broad SMARTS) is 1. The molecule has 11 heteroatoms. The third-order valence-electron chi connectivity index (χ3n) is 6.18. The van der Waals surface area contributed by atoms with Gasteiger partial charge < -0.3 is 30.5 Å². The summed E-state index contributed by atoms with van der Waals surface area (Å²) in [5, 5.41) is 24.5. The number of nitrogens with zero attached hydrogens (tertiary/aromatic N) is 4. The number of ether oxygens (including phenoxy) is 1. The number of carbonyl (C=O) groups excluding carboxylic acids is 1. The first-order valence-electron chi connectivity index (χ1n) is 11.6. The van der Waals surface area contributed by atoms with E-state index in [1.165, 1.54) is 17.0 Å². The monoisotopic (exact) mass is 490 g/mol. The normalized spacial score (nSPS) is 17.0. The van der Waals surface area contributed by atoms with Gasteiger partial charge in [-0.1, -0.05) is 6.07 Å². The van der Waals surface area contributed by atoms with E-state index in [1.54, 1.807) is 24.3 Å². The molecule has 4 N–H and O–H groups in total. The Labute approximate surface area is 207 Å². The number of anilines is 3. The number of urea groups is 1. The highest BCUT2D eigenvalue weighted by Crippen LogP contribution is 2.33. The highest BCUT2D eigenvalue weighted by atomic mass is 16.5. The van der Waals surface area contributed by atoms with Crippen molar-refractivity contribution in [3.05, 3.63) is 59.8 Å². The second-order valence-corrected chi connectivity index (χ2v) is 8.76. The van der Waals surface area contributed by atoms with Gasteiger partial charge in [-0.3, -0.25) is 4.90 Å². The Balaban J connectivity index is 1.38. The van der Waals surface area contributed by atoms with Crippen LogP contribution in [0.4, 0.5) is 26.8 Å². The van der Waals surface area contributed by atoms with Crippen molar-refractivity contribution in [3.8, 4) is 17.1 Å². The Morgan fingerprint density at radius 2 is 1.83 bits per heavy atom. The SMILES string of the molecule is CC1COCCN1c1nc(-c2ccc(NC(=O)Nc3cccc(O)c3)cc2)nc2c1CN(C(=O)O)C2. The van der Waals surface area contributed by atoms with Gasteiger partial charge in [0.2, 0.25) is 0 Å². The number of hydrogen-bond acceptors (Lipinski definition) is 7. The molecule has 0 radical (unpaired) electrons. The number of phenolic OH excluding ortho intramolecular Hbond substituents is 1. The summed E-state index contributed by atoms with van der Waals surface area (Å²) in [6, 6.07) is 13.0. The lowest BCUT2D eigenvalue weighted by molar-refractivity contribution is 0.0983.